The first-order chi connectivity index (χ1) is 12.7. The van der Waals surface area contributed by atoms with Gasteiger partial charge in [-0.15, -0.1) is 0 Å². The molecule has 3 aromatic heterocycles. The first kappa shape index (κ1) is 16.8. The van der Waals surface area contributed by atoms with Crippen molar-refractivity contribution < 1.29 is 0 Å². The van der Waals surface area contributed by atoms with E-state index in [4.69, 9.17) is 4.98 Å². The first-order valence-electron chi connectivity index (χ1n) is 8.72. The highest BCUT2D eigenvalue weighted by Gasteiger charge is 2.12. The number of benzene rings is 1. The van der Waals surface area contributed by atoms with Gasteiger partial charge >= 0.3 is 0 Å². The summed E-state index contributed by atoms with van der Waals surface area (Å²) in [5.74, 6) is 0.676. The van der Waals surface area contributed by atoms with Crippen LogP contribution in [0.1, 0.15) is 24.6 Å². The molecule has 0 amide bonds. The zero-order valence-corrected chi connectivity index (χ0v) is 15.7. The van der Waals surface area contributed by atoms with E-state index in [0.717, 1.165) is 28.4 Å². The Balaban J connectivity index is 1.69. The molecule has 6 heteroatoms. The van der Waals surface area contributed by atoms with Crippen LogP contribution in [0.3, 0.4) is 0 Å². The van der Waals surface area contributed by atoms with Crippen LogP contribution in [0.2, 0.25) is 0 Å². The molecule has 4 aromatic rings. The highest BCUT2D eigenvalue weighted by Crippen LogP contribution is 2.22. The minimum absolute atomic E-state index is 0.0329. The van der Waals surface area contributed by atoms with Crippen LogP contribution in [0, 0.1) is 6.92 Å². The monoisotopic (exact) mass is 364 g/mol. The second-order valence-corrected chi connectivity index (χ2v) is 7.30. The van der Waals surface area contributed by atoms with Gasteiger partial charge in [0.1, 0.15) is 5.65 Å². The van der Waals surface area contributed by atoms with Crippen LogP contribution in [0.25, 0.3) is 16.6 Å². The van der Waals surface area contributed by atoms with Crippen molar-refractivity contribution in [2.45, 2.75) is 37.7 Å². The topological polar surface area (TPSA) is 52.2 Å². The number of hydrogen-bond donors (Lipinski definition) is 0. The smallest absolute Gasteiger partial charge is 0.262 e. The van der Waals surface area contributed by atoms with Gasteiger partial charge in [-0.25, -0.2) is 9.97 Å². The van der Waals surface area contributed by atoms with Gasteiger partial charge in [0.05, 0.1) is 16.6 Å². The Morgan fingerprint density at radius 2 is 1.92 bits per heavy atom. The van der Waals surface area contributed by atoms with Crippen LogP contribution in [0.15, 0.2) is 58.7 Å². The second kappa shape index (κ2) is 6.96. The van der Waals surface area contributed by atoms with Crippen molar-refractivity contribution in [3.05, 3.63) is 70.4 Å². The Labute approximate surface area is 155 Å². The van der Waals surface area contributed by atoms with E-state index in [0.29, 0.717) is 17.7 Å². The highest BCUT2D eigenvalue weighted by molar-refractivity contribution is 7.98. The Bertz CT molecular complexity index is 1150. The molecule has 132 valence electrons. The Kier molecular flexibility index (Phi) is 4.51. The van der Waals surface area contributed by atoms with E-state index >= 15 is 0 Å². The van der Waals surface area contributed by atoms with Crippen molar-refractivity contribution in [1.82, 2.24) is 18.9 Å². The lowest BCUT2D eigenvalue weighted by Gasteiger charge is -2.11. The van der Waals surface area contributed by atoms with Crippen LogP contribution in [-0.4, -0.2) is 18.9 Å². The number of hydrogen-bond acceptors (Lipinski definition) is 4. The van der Waals surface area contributed by atoms with Gasteiger partial charge in [-0.05, 0) is 37.1 Å². The van der Waals surface area contributed by atoms with E-state index in [-0.39, 0.29) is 5.56 Å². The standard InChI is InChI=1S/C20H20N4OS/c1-3-10-24-19(25)16-6-4-5-7-17(16)22-20(24)26-13-15-12-23-11-14(2)8-9-18(23)21-15/h4-9,11-12H,3,10,13H2,1-2H3. The predicted octanol–water partition coefficient (Wildman–Crippen LogP) is 4.05. The number of fused-ring (bicyclic) bond motifs is 2. The number of thioether (sulfide) groups is 1. The number of aryl methyl sites for hydroxylation is 1. The maximum absolute atomic E-state index is 12.8. The quantitative estimate of drug-likeness (QED) is 0.396. The summed E-state index contributed by atoms with van der Waals surface area (Å²) in [6, 6.07) is 11.6. The number of nitrogens with zero attached hydrogens (tertiary/aromatic N) is 4. The summed E-state index contributed by atoms with van der Waals surface area (Å²) in [6.45, 7) is 4.81. The van der Waals surface area contributed by atoms with Gasteiger partial charge in [0, 0.05) is 24.7 Å². The first-order valence-corrected chi connectivity index (χ1v) is 9.71. The molecule has 0 aliphatic heterocycles. The molecule has 0 unspecified atom stereocenters. The Morgan fingerprint density at radius 3 is 2.77 bits per heavy atom. The molecule has 0 aliphatic carbocycles. The van der Waals surface area contributed by atoms with Crippen LogP contribution in [0.4, 0.5) is 0 Å². The molecule has 0 atom stereocenters. The Hall–Kier alpha value is -2.60. The number of para-hydroxylation sites is 1. The molecule has 0 aliphatic rings. The third kappa shape index (κ3) is 3.12. The van der Waals surface area contributed by atoms with Crippen LogP contribution < -0.4 is 5.56 Å². The maximum Gasteiger partial charge on any atom is 0.262 e. The lowest BCUT2D eigenvalue weighted by Crippen LogP contribution is -2.23. The van der Waals surface area contributed by atoms with Gasteiger partial charge in [-0.1, -0.05) is 36.9 Å². The van der Waals surface area contributed by atoms with Gasteiger partial charge in [0.15, 0.2) is 5.16 Å². The molecule has 0 spiro atoms. The summed E-state index contributed by atoms with van der Waals surface area (Å²) >= 11 is 1.56. The molecular formula is C20H20N4OS. The summed E-state index contributed by atoms with van der Waals surface area (Å²) in [5, 5.41) is 1.43. The SMILES string of the molecule is CCCn1c(SCc2cn3cc(C)ccc3n2)nc2ccccc2c1=O. The average Bonchev–Trinajstić information content (AvgIpc) is 3.04. The van der Waals surface area contributed by atoms with Crippen molar-refractivity contribution in [3.8, 4) is 0 Å². The fraction of sp³-hybridized carbons (Fsp3) is 0.250. The highest BCUT2D eigenvalue weighted by atomic mass is 32.2. The summed E-state index contributed by atoms with van der Waals surface area (Å²) in [7, 11) is 0. The Morgan fingerprint density at radius 1 is 1.08 bits per heavy atom. The van der Waals surface area contributed by atoms with Crippen molar-refractivity contribution in [2.24, 2.45) is 0 Å². The van der Waals surface area contributed by atoms with Crippen molar-refractivity contribution >= 4 is 28.3 Å². The van der Waals surface area contributed by atoms with Crippen LogP contribution in [-0.2, 0) is 12.3 Å². The van der Waals surface area contributed by atoms with E-state index in [1.165, 1.54) is 5.56 Å². The van der Waals surface area contributed by atoms with E-state index < -0.39 is 0 Å². The fourth-order valence-electron chi connectivity index (χ4n) is 3.04. The molecule has 3 heterocycles. The summed E-state index contributed by atoms with van der Waals surface area (Å²) in [4.78, 5) is 22.2. The lowest BCUT2D eigenvalue weighted by molar-refractivity contribution is 0.584. The number of pyridine rings is 1. The fourth-order valence-corrected chi connectivity index (χ4v) is 3.95. The predicted molar refractivity (Wildman–Crippen MR) is 106 cm³/mol. The molecule has 0 bridgehead atoms. The zero-order chi connectivity index (χ0) is 18.1. The number of imidazole rings is 1. The molecule has 0 radical (unpaired) electrons. The van der Waals surface area contributed by atoms with Crippen molar-refractivity contribution in [3.63, 3.8) is 0 Å². The molecule has 1 aromatic carbocycles. The number of aromatic nitrogens is 4. The molecule has 26 heavy (non-hydrogen) atoms. The molecule has 5 nitrogen and oxygen atoms in total. The third-order valence-corrected chi connectivity index (χ3v) is 5.28. The van der Waals surface area contributed by atoms with Crippen LogP contribution >= 0.6 is 11.8 Å². The summed E-state index contributed by atoms with van der Waals surface area (Å²) in [5.41, 5.74) is 3.89. The molecule has 0 N–H and O–H groups in total. The van der Waals surface area contributed by atoms with Gasteiger partial charge in [-0.3, -0.25) is 9.36 Å². The van der Waals surface area contributed by atoms with E-state index in [1.54, 1.807) is 16.3 Å². The third-order valence-electron chi connectivity index (χ3n) is 4.27. The zero-order valence-electron chi connectivity index (χ0n) is 14.8. The largest absolute Gasteiger partial charge is 0.307 e. The van der Waals surface area contributed by atoms with E-state index in [2.05, 4.69) is 31.1 Å². The minimum atomic E-state index is 0.0329. The normalized spacial score (nSPS) is 11.5. The molecule has 4 rings (SSSR count). The number of rotatable bonds is 5. The molecular weight excluding hydrogens is 344 g/mol. The van der Waals surface area contributed by atoms with Crippen LogP contribution in [0.5, 0.6) is 0 Å². The van der Waals surface area contributed by atoms with Gasteiger partial charge in [-0.2, -0.15) is 0 Å². The van der Waals surface area contributed by atoms with Gasteiger partial charge in [0.2, 0.25) is 0 Å². The van der Waals surface area contributed by atoms with Gasteiger partial charge < -0.3 is 4.40 Å². The molecule has 0 fully saturated rings. The van der Waals surface area contributed by atoms with E-state index in [9.17, 15) is 4.79 Å². The van der Waals surface area contributed by atoms with Gasteiger partial charge in [0.25, 0.3) is 5.56 Å². The maximum atomic E-state index is 12.8. The average molecular weight is 364 g/mol. The summed E-state index contributed by atoms with van der Waals surface area (Å²) in [6.07, 6.45) is 5.00. The minimum Gasteiger partial charge on any atom is -0.307 e. The lowest BCUT2D eigenvalue weighted by atomic mass is 10.2. The summed E-state index contributed by atoms with van der Waals surface area (Å²) < 4.78 is 3.82. The van der Waals surface area contributed by atoms with Crippen molar-refractivity contribution in [1.29, 1.82) is 0 Å². The van der Waals surface area contributed by atoms with E-state index in [1.807, 2.05) is 40.9 Å². The second-order valence-electron chi connectivity index (χ2n) is 6.36. The molecule has 0 saturated carbocycles. The van der Waals surface area contributed by atoms with Crippen molar-refractivity contribution in [2.75, 3.05) is 0 Å². The molecule has 0 saturated heterocycles.